The van der Waals surface area contributed by atoms with Gasteiger partial charge in [-0.2, -0.15) is 0 Å². The standard InChI is InChI=1S/C19H20N2O4/c1-24-16-4-2-3-14-15-10-21(9-13-5-7-20-8-6-13)11-19(15,18(22)23)12-25-17(14)16/h2-8,15H,9-12H2,1H3,(H,22,23)/t15-,19-/m1/s1. The predicted molar refractivity (Wildman–Crippen MR) is 90.8 cm³/mol. The number of para-hydroxylation sites is 1. The molecule has 3 heterocycles. The lowest BCUT2D eigenvalue weighted by Gasteiger charge is -2.36. The number of aromatic nitrogens is 1. The first-order valence-corrected chi connectivity index (χ1v) is 8.28. The third-order valence-electron chi connectivity index (χ3n) is 5.27. The zero-order valence-electron chi connectivity index (χ0n) is 14.0. The Balaban J connectivity index is 1.69. The van der Waals surface area contributed by atoms with Crippen LogP contribution in [0, 0.1) is 5.41 Å². The van der Waals surface area contributed by atoms with E-state index in [0.29, 0.717) is 31.1 Å². The van der Waals surface area contributed by atoms with E-state index in [0.717, 1.165) is 11.1 Å². The zero-order valence-corrected chi connectivity index (χ0v) is 14.0. The fourth-order valence-corrected chi connectivity index (χ4v) is 4.02. The van der Waals surface area contributed by atoms with E-state index in [2.05, 4.69) is 9.88 Å². The molecule has 6 heteroatoms. The molecule has 25 heavy (non-hydrogen) atoms. The van der Waals surface area contributed by atoms with Crippen LogP contribution in [0.2, 0.25) is 0 Å². The molecule has 0 aliphatic carbocycles. The van der Waals surface area contributed by atoms with Crippen molar-refractivity contribution in [1.82, 2.24) is 9.88 Å². The van der Waals surface area contributed by atoms with Crippen molar-refractivity contribution >= 4 is 5.97 Å². The molecule has 0 unspecified atom stereocenters. The van der Waals surface area contributed by atoms with Gasteiger partial charge in [-0.15, -0.1) is 0 Å². The highest BCUT2D eigenvalue weighted by atomic mass is 16.5. The second-order valence-corrected chi connectivity index (χ2v) is 6.71. The molecule has 130 valence electrons. The number of carbonyl (C=O) groups is 1. The van der Waals surface area contributed by atoms with Gasteiger partial charge in [0.15, 0.2) is 11.5 Å². The third-order valence-corrected chi connectivity index (χ3v) is 5.27. The fourth-order valence-electron chi connectivity index (χ4n) is 4.02. The maximum absolute atomic E-state index is 12.2. The molecule has 1 N–H and O–H groups in total. The fraction of sp³-hybridized carbons (Fsp3) is 0.368. The molecule has 2 aliphatic rings. The van der Waals surface area contributed by atoms with Gasteiger partial charge in [0.2, 0.25) is 0 Å². The number of fused-ring (bicyclic) bond motifs is 3. The van der Waals surface area contributed by atoms with E-state index >= 15 is 0 Å². The number of methoxy groups -OCH3 is 1. The third kappa shape index (κ3) is 2.53. The number of hydrogen-bond donors (Lipinski definition) is 1. The molecule has 2 atom stereocenters. The summed E-state index contributed by atoms with van der Waals surface area (Å²) in [5, 5.41) is 9.99. The predicted octanol–water partition coefficient (Wildman–Crippen LogP) is 2.15. The molecule has 0 saturated carbocycles. The monoisotopic (exact) mass is 340 g/mol. The topological polar surface area (TPSA) is 71.9 Å². The van der Waals surface area contributed by atoms with Crippen molar-refractivity contribution in [2.45, 2.75) is 12.5 Å². The summed E-state index contributed by atoms with van der Waals surface area (Å²) in [5.41, 5.74) is 1.12. The molecule has 1 fully saturated rings. The average Bonchev–Trinajstić information content (AvgIpc) is 3.02. The van der Waals surface area contributed by atoms with Gasteiger partial charge in [-0.05, 0) is 23.8 Å². The second kappa shape index (κ2) is 6.04. The van der Waals surface area contributed by atoms with Gasteiger partial charge in [0.05, 0.1) is 7.11 Å². The number of nitrogens with zero attached hydrogens (tertiary/aromatic N) is 2. The quantitative estimate of drug-likeness (QED) is 0.919. The molecule has 0 radical (unpaired) electrons. The van der Waals surface area contributed by atoms with Crippen LogP contribution in [0.5, 0.6) is 11.5 Å². The van der Waals surface area contributed by atoms with E-state index in [4.69, 9.17) is 9.47 Å². The van der Waals surface area contributed by atoms with Crippen molar-refractivity contribution in [2.24, 2.45) is 5.41 Å². The van der Waals surface area contributed by atoms with Crippen LogP contribution in [0.4, 0.5) is 0 Å². The summed E-state index contributed by atoms with van der Waals surface area (Å²) in [6.07, 6.45) is 3.52. The van der Waals surface area contributed by atoms with E-state index in [1.165, 1.54) is 0 Å². The number of ether oxygens (including phenoxy) is 2. The number of aliphatic carboxylic acids is 1. The van der Waals surface area contributed by atoms with Gasteiger partial charge >= 0.3 is 5.97 Å². The van der Waals surface area contributed by atoms with Crippen molar-refractivity contribution < 1.29 is 19.4 Å². The average molecular weight is 340 g/mol. The van der Waals surface area contributed by atoms with Crippen molar-refractivity contribution in [1.29, 1.82) is 0 Å². The Labute approximate surface area is 146 Å². The number of pyridine rings is 1. The summed E-state index contributed by atoms with van der Waals surface area (Å²) in [4.78, 5) is 18.4. The van der Waals surface area contributed by atoms with Gasteiger partial charge in [0.1, 0.15) is 12.0 Å². The molecule has 1 aromatic heterocycles. The van der Waals surface area contributed by atoms with Gasteiger partial charge in [0.25, 0.3) is 0 Å². The lowest BCUT2D eigenvalue weighted by atomic mass is 9.73. The molecule has 6 nitrogen and oxygen atoms in total. The lowest BCUT2D eigenvalue weighted by molar-refractivity contribution is -0.152. The van der Waals surface area contributed by atoms with Crippen molar-refractivity contribution in [3.8, 4) is 11.5 Å². The van der Waals surface area contributed by atoms with Gasteiger partial charge in [-0.1, -0.05) is 12.1 Å². The maximum atomic E-state index is 12.2. The van der Waals surface area contributed by atoms with E-state index in [-0.39, 0.29) is 12.5 Å². The minimum absolute atomic E-state index is 0.120. The van der Waals surface area contributed by atoms with Crippen LogP contribution in [0.15, 0.2) is 42.7 Å². The van der Waals surface area contributed by atoms with Crippen LogP contribution in [0.25, 0.3) is 0 Å². The van der Waals surface area contributed by atoms with Gasteiger partial charge in [-0.25, -0.2) is 0 Å². The second-order valence-electron chi connectivity index (χ2n) is 6.71. The summed E-state index contributed by atoms with van der Waals surface area (Å²) < 4.78 is 11.3. The minimum Gasteiger partial charge on any atom is -0.493 e. The van der Waals surface area contributed by atoms with Gasteiger partial charge < -0.3 is 14.6 Å². The van der Waals surface area contributed by atoms with Crippen LogP contribution >= 0.6 is 0 Å². The number of rotatable bonds is 4. The Morgan fingerprint density at radius 3 is 2.92 bits per heavy atom. The van der Waals surface area contributed by atoms with Crippen molar-refractivity contribution in [2.75, 3.05) is 26.8 Å². The Morgan fingerprint density at radius 2 is 2.20 bits per heavy atom. The summed E-state index contributed by atoms with van der Waals surface area (Å²) in [7, 11) is 1.60. The summed E-state index contributed by atoms with van der Waals surface area (Å²) >= 11 is 0. The van der Waals surface area contributed by atoms with Crippen LogP contribution in [-0.4, -0.2) is 47.8 Å². The van der Waals surface area contributed by atoms with Crippen molar-refractivity contribution in [3.05, 3.63) is 53.9 Å². The Kier molecular flexibility index (Phi) is 3.84. The van der Waals surface area contributed by atoms with E-state index in [9.17, 15) is 9.90 Å². The molecule has 1 aromatic carbocycles. The first kappa shape index (κ1) is 15.9. The highest BCUT2D eigenvalue weighted by Crippen LogP contribution is 2.52. The van der Waals surface area contributed by atoms with E-state index in [1.54, 1.807) is 19.5 Å². The van der Waals surface area contributed by atoms with E-state index < -0.39 is 11.4 Å². The number of benzene rings is 1. The molecule has 2 aliphatic heterocycles. The molecule has 0 spiro atoms. The minimum atomic E-state index is -0.924. The summed E-state index contributed by atoms with van der Waals surface area (Å²) in [6, 6.07) is 9.61. The Morgan fingerprint density at radius 1 is 1.40 bits per heavy atom. The van der Waals surface area contributed by atoms with Gasteiger partial charge in [0, 0.05) is 43.5 Å². The number of likely N-dealkylation sites (tertiary alicyclic amines) is 1. The molecule has 0 bridgehead atoms. The van der Waals surface area contributed by atoms with Crippen LogP contribution < -0.4 is 9.47 Å². The normalized spacial score (nSPS) is 24.9. The summed E-state index contributed by atoms with van der Waals surface area (Å²) in [5.74, 6) is 0.413. The SMILES string of the molecule is COc1cccc2c1OC[C@]1(C(=O)O)CN(Cc3ccncc3)C[C@H]21. The Hall–Kier alpha value is -2.60. The molecule has 0 amide bonds. The van der Waals surface area contributed by atoms with Crippen LogP contribution in [0.1, 0.15) is 17.0 Å². The summed E-state index contributed by atoms with van der Waals surface area (Å²) in [6.45, 7) is 2.00. The molecular weight excluding hydrogens is 320 g/mol. The molecular formula is C19H20N2O4. The van der Waals surface area contributed by atoms with Crippen LogP contribution in [0.3, 0.4) is 0 Å². The van der Waals surface area contributed by atoms with Crippen molar-refractivity contribution in [3.63, 3.8) is 0 Å². The molecule has 4 rings (SSSR count). The number of hydrogen-bond acceptors (Lipinski definition) is 5. The smallest absolute Gasteiger partial charge is 0.315 e. The largest absolute Gasteiger partial charge is 0.493 e. The first-order valence-electron chi connectivity index (χ1n) is 8.28. The highest BCUT2D eigenvalue weighted by molar-refractivity contribution is 5.79. The first-order chi connectivity index (χ1) is 12.1. The Bertz CT molecular complexity index is 795. The van der Waals surface area contributed by atoms with E-state index in [1.807, 2.05) is 30.3 Å². The highest BCUT2D eigenvalue weighted by Gasteiger charge is 2.56. The molecule has 1 saturated heterocycles. The zero-order chi connectivity index (χ0) is 17.4. The van der Waals surface area contributed by atoms with Crippen LogP contribution in [-0.2, 0) is 11.3 Å². The maximum Gasteiger partial charge on any atom is 0.315 e. The lowest BCUT2D eigenvalue weighted by Crippen LogP contribution is -2.45. The van der Waals surface area contributed by atoms with Gasteiger partial charge in [-0.3, -0.25) is 14.7 Å². The number of carboxylic acids is 1. The molecule has 2 aromatic rings. The number of carboxylic acid groups (broad SMARTS) is 1.